The van der Waals surface area contributed by atoms with Gasteiger partial charge in [-0.25, -0.2) is 4.68 Å². The summed E-state index contributed by atoms with van der Waals surface area (Å²) in [6, 6.07) is 10.3. The molecule has 1 aliphatic rings. The fraction of sp³-hybridized carbons (Fsp3) is 0.583. The van der Waals surface area contributed by atoms with Gasteiger partial charge in [0.2, 0.25) is 0 Å². The minimum absolute atomic E-state index is 0.225. The summed E-state index contributed by atoms with van der Waals surface area (Å²) in [4.78, 5) is 0. The number of aryl methyl sites for hydroxylation is 1. The van der Waals surface area contributed by atoms with Crippen molar-refractivity contribution in [1.82, 2.24) is 30.0 Å². The van der Waals surface area contributed by atoms with E-state index in [1.807, 2.05) is 22.9 Å². The Morgan fingerprint density at radius 1 is 0.833 bits per heavy atom. The topological polar surface area (TPSA) is 61.4 Å². The molecule has 0 N–H and O–H groups in total. The molecule has 0 spiro atoms. The highest BCUT2D eigenvalue weighted by Gasteiger charge is 2.39. The Morgan fingerprint density at radius 2 is 1.60 bits per heavy atom. The maximum absolute atomic E-state index is 4.62. The van der Waals surface area contributed by atoms with E-state index < -0.39 is 0 Å². The smallest absolute Gasteiger partial charge is 0.113 e. The molecule has 0 saturated heterocycles. The van der Waals surface area contributed by atoms with Crippen molar-refractivity contribution in [3.63, 3.8) is 0 Å². The molecule has 160 valence electrons. The van der Waals surface area contributed by atoms with E-state index in [0.717, 1.165) is 36.3 Å². The molecule has 4 rings (SSSR count). The first kappa shape index (κ1) is 20.8. The van der Waals surface area contributed by atoms with Gasteiger partial charge < -0.3 is 0 Å². The number of nitrogens with zero attached hydrogens (tertiary/aromatic N) is 6. The van der Waals surface area contributed by atoms with E-state index in [2.05, 4.69) is 56.8 Å². The minimum Gasteiger partial charge on any atom is -0.252 e. The van der Waals surface area contributed by atoms with Crippen LogP contribution in [-0.2, 0) is 12.1 Å². The summed E-state index contributed by atoms with van der Waals surface area (Å²) in [5.74, 6) is 0. The van der Waals surface area contributed by atoms with E-state index in [0.29, 0.717) is 0 Å². The number of hydrogen-bond acceptors (Lipinski definition) is 4. The van der Waals surface area contributed by atoms with Crippen molar-refractivity contribution in [3.8, 4) is 11.3 Å². The molecule has 0 atom stereocenters. The van der Waals surface area contributed by atoms with Crippen molar-refractivity contribution in [1.29, 1.82) is 0 Å². The summed E-state index contributed by atoms with van der Waals surface area (Å²) in [6.45, 7) is 3.21. The van der Waals surface area contributed by atoms with Crippen molar-refractivity contribution < 1.29 is 0 Å². The summed E-state index contributed by atoms with van der Waals surface area (Å²) in [7, 11) is 0. The molecular weight excluding hydrogens is 372 g/mol. The van der Waals surface area contributed by atoms with Crippen LogP contribution >= 0.6 is 0 Å². The van der Waals surface area contributed by atoms with Crippen LogP contribution < -0.4 is 0 Å². The maximum Gasteiger partial charge on any atom is 0.113 e. The predicted octanol–water partition coefficient (Wildman–Crippen LogP) is 5.60. The molecule has 3 aromatic rings. The van der Waals surface area contributed by atoms with Crippen molar-refractivity contribution in [2.24, 2.45) is 0 Å². The summed E-state index contributed by atoms with van der Waals surface area (Å²) < 4.78 is 4.09. The number of benzene rings is 1. The summed E-state index contributed by atoms with van der Waals surface area (Å²) in [5, 5.41) is 18.1. The fourth-order valence-corrected chi connectivity index (χ4v) is 4.63. The van der Waals surface area contributed by atoms with Gasteiger partial charge in [0, 0.05) is 12.1 Å². The Bertz CT molecular complexity index is 891. The first-order valence-corrected chi connectivity index (χ1v) is 11.7. The van der Waals surface area contributed by atoms with Crippen LogP contribution in [-0.4, -0.2) is 30.0 Å². The van der Waals surface area contributed by atoms with E-state index in [1.165, 1.54) is 57.8 Å². The highest BCUT2D eigenvalue weighted by Crippen LogP contribution is 2.39. The average molecular weight is 407 g/mol. The molecule has 1 aliphatic carbocycles. The third-order valence-corrected chi connectivity index (χ3v) is 6.44. The number of aromatic nitrogens is 6. The third-order valence-electron chi connectivity index (χ3n) is 6.44. The van der Waals surface area contributed by atoms with Crippen LogP contribution in [0.1, 0.15) is 83.2 Å². The van der Waals surface area contributed by atoms with Crippen molar-refractivity contribution in [2.45, 2.75) is 89.6 Å². The molecule has 0 amide bonds. The second-order valence-corrected chi connectivity index (χ2v) is 8.64. The maximum atomic E-state index is 4.62. The van der Waals surface area contributed by atoms with Gasteiger partial charge in [-0.05, 0) is 19.3 Å². The fourth-order valence-electron chi connectivity index (χ4n) is 4.63. The van der Waals surface area contributed by atoms with Gasteiger partial charge in [0.25, 0.3) is 0 Å². The number of unbranched alkanes of at least 4 members (excludes halogenated alkanes) is 5. The third kappa shape index (κ3) is 4.63. The van der Waals surface area contributed by atoms with Crippen molar-refractivity contribution in [3.05, 3.63) is 48.4 Å². The van der Waals surface area contributed by atoms with Crippen LogP contribution in [0.3, 0.4) is 0 Å². The molecule has 0 aliphatic heterocycles. The highest BCUT2D eigenvalue weighted by atomic mass is 15.5. The standard InChI is InChI=1S/C24H34N6/c1-2-3-4-5-6-13-18-29-20-23(26-27-29)24(16-11-8-12-17-24)30-19-22(25-28-30)21-14-9-7-10-15-21/h7,9-10,14-15,19-20H,2-6,8,11-13,16-18H2,1H3. The Kier molecular flexibility index (Phi) is 6.92. The largest absolute Gasteiger partial charge is 0.252 e. The normalized spacial score (nSPS) is 16.0. The zero-order valence-corrected chi connectivity index (χ0v) is 18.2. The summed E-state index contributed by atoms with van der Waals surface area (Å²) >= 11 is 0. The van der Waals surface area contributed by atoms with Crippen molar-refractivity contribution in [2.75, 3.05) is 0 Å². The quantitative estimate of drug-likeness (QED) is 0.411. The SMILES string of the molecule is CCCCCCCCn1cc(C2(n3cc(-c4ccccc4)nn3)CCCCC2)nn1. The minimum atomic E-state index is -0.225. The highest BCUT2D eigenvalue weighted by molar-refractivity contribution is 5.57. The van der Waals surface area contributed by atoms with Gasteiger partial charge >= 0.3 is 0 Å². The zero-order valence-electron chi connectivity index (χ0n) is 18.2. The number of rotatable bonds is 10. The van der Waals surface area contributed by atoms with E-state index in [9.17, 15) is 0 Å². The van der Waals surface area contributed by atoms with Gasteiger partial charge in [-0.3, -0.25) is 4.68 Å². The van der Waals surface area contributed by atoms with Crippen LogP contribution in [0.25, 0.3) is 11.3 Å². The molecule has 2 heterocycles. The lowest BCUT2D eigenvalue weighted by atomic mass is 9.79. The molecule has 6 nitrogen and oxygen atoms in total. The Balaban J connectivity index is 1.49. The lowest BCUT2D eigenvalue weighted by Crippen LogP contribution is -2.38. The van der Waals surface area contributed by atoms with E-state index in [-0.39, 0.29) is 5.54 Å². The first-order chi connectivity index (χ1) is 14.8. The molecule has 0 bridgehead atoms. The second-order valence-electron chi connectivity index (χ2n) is 8.64. The van der Waals surface area contributed by atoms with Gasteiger partial charge in [0.1, 0.15) is 16.9 Å². The van der Waals surface area contributed by atoms with Crippen molar-refractivity contribution >= 4 is 0 Å². The first-order valence-electron chi connectivity index (χ1n) is 11.7. The van der Waals surface area contributed by atoms with Gasteiger partial charge in [-0.2, -0.15) is 0 Å². The Hall–Kier alpha value is -2.50. The molecule has 0 radical (unpaired) electrons. The van der Waals surface area contributed by atoms with E-state index in [4.69, 9.17) is 0 Å². The summed E-state index contributed by atoms with van der Waals surface area (Å²) in [6.07, 6.45) is 17.7. The molecule has 1 aromatic carbocycles. The second kappa shape index (κ2) is 10.0. The molecule has 1 fully saturated rings. The zero-order chi connectivity index (χ0) is 20.7. The number of hydrogen-bond donors (Lipinski definition) is 0. The molecule has 30 heavy (non-hydrogen) atoms. The van der Waals surface area contributed by atoms with Gasteiger partial charge in [-0.1, -0.05) is 99.0 Å². The molecule has 6 heteroatoms. The predicted molar refractivity (Wildman–Crippen MR) is 119 cm³/mol. The Morgan fingerprint density at radius 3 is 2.40 bits per heavy atom. The van der Waals surface area contributed by atoms with Crippen LogP contribution in [0.15, 0.2) is 42.7 Å². The van der Waals surface area contributed by atoms with Crippen LogP contribution in [0.5, 0.6) is 0 Å². The van der Waals surface area contributed by atoms with E-state index in [1.54, 1.807) is 0 Å². The average Bonchev–Trinajstić information content (AvgIpc) is 3.48. The van der Waals surface area contributed by atoms with Crippen LogP contribution in [0, 0.1) is 0 Å². The van der Waals surface area contributed by atoms with Gasteiger partial charge in [-0.15, -0.1) is 10.2 Å². The Labute approximate surface area is 179 Å². The van der Waals surface area contributed by atoms with Crippen LogP contribution in [0.4, 0.5) is 0 Å². The van der Waals surface area contributed by atoms with Gasteiger partial charge in [0.05, 0.1) is 12.4 Å². The monoisotopic (exact) mass is 406 g/mol. The summed E-state index contributed by atoms with van der Waals surface area (Å²) in [5.41, 5.74) is 2.83. The molecular formula is C24H34N6. The van der Waals surface area contributed by atoms with Gasteiger partial charge in [0.15, 0.2) is 0 Å². The van der Waals surface area contributed by atoms with Crippen LogP contribution in [0.2, 0.25) is 0 Å². The molecule has 1 saturated carbocycles. The lowest BCUT2D eigenvalue weighted by Gasteiger charge is -2.35. The molecule has 0 unspecified atom stereocenters. The van der Waals surface area contributed by atoms with E-state index >= 15 is 0 Å². The lowest BCUT2D eigenvalue weighted by molar-refractivity contribution is 0.214. The molecule has 2 aromatic heterocycles.